The highest BCUT2D eigenvalue weighted by Crippen LogP contribution is 2.27. The SMILES string of the molecule is O=C1CCC2CN(S(=O)(=O)N3CCOCC3)CCC2N1. The molecule has 0 saturated carbocycles. The summed E-state index contributed by atoms with van der Waals surface area (Å²) < 4.78 is 33.5. The third kappa shape index (κ3) is 2.69. The summed E-state index contributed by atoms with van der Waals surface area (Å²) in [4.78, 5) is 11.4. The van der Waals surface area contributed by atoms with Gasteiger partial charge in [0.2, 0.25) is 5.91 Å². The molecular weight excluding hydrogens is 282 g/mol. The van der Waals surface area contributed by atoms with E-state index in [1.54, 1.807) is 4.31 Å². The second-order valence-corrected chi connectivity index (χ2v) is 7.57. The van der Waals surface area contributed by atoms with E-state index in [0.717, 1.165) is 6.42 Å². The lowest BCUT2D eigenvalue weighted by molar-refractivity contribution is -0.125. The van der Waals surface area contributed by atoms with Crippen molar-refractivity contribution >= 4 is 16.1 Å². The summed E-state index contributed by atoms with van der Waals surface area (Å²) in [6.45, 7) is 2.81. The van der Waals surface area contributed by atoms with E-state index >= 15 is 0 Å². The Hall–Kier alpha value is -0.700. The number of nitrogens with one attached hydrogen (secondary N) is 1. The number of ether oxygens (including phenoxy) is 1. The lowest BCUT2D eigenvalue weighted by Gasteiger charge is -2.42. The highest BCUT2D eigenvalue weighted by atomic mass is 32.2. The molecular formula is C12H21N3O4S. The van der Waals surface area contributed by atoms with E-state index in [0.29, 0.717) is 52.2 Å². The first-order chi connectivity index (χ1) is 9.57. The monoisotopic (exact) mass is 303 g/mol. The smallest absolute Gasteiger partial charge is 0.282 e. The van der Waals surface area contributed by atoms with Crippen LogP contribution >= 0.6 is 0 Å². The minimum atomic E-state index is -3.38. The van der Waals surface area contributed by atoms with Crippen molar-refractivity contribution in [1.82, 2.24) is 13.9 Å². The van der Waals surface area contributed by atoms with Crippen molar-refractivity contribution < 1.29 is 17.9 Å². The molecule has 0 bridgehead atoms. The van der Waals surface area contributed by atoms with Gasteiger partial charge in [0.1, 0.15) is 0 Å². The number of amides is 1. The first-order valence-corrected chi connectivity index (χ1v) is 8.59. The molecule has 3 rings (SSSR count). The van der Waals surface area contributed by atoms with Crippen LogP contribution in [0.25, 0.3) is 0 Å². The van der Waals surface area contributed by atoms with Crippen molar-refractivity contribution in [2.75, 3.05) is 39.4 Å². The molecule has 0 spiro atoms. The number of hydrogen-bond donors (Lipinski definition) is 1. The van der Waals surface area contributed by atoms with E-state index in [1.165, 1.54) is 4.31 Å². The predicted molar refractivity (Wildman–Crippen MR) is 72.2 cm³/mol. The van der Waals surface area contributed by atoms with Gasteiger partial charge >= 0.3 is 0 Å². The Kier molecular flexibility index (Phi) is 3.98. The molecule has 0 aromatic carbocycles. The maximum absolute atomic E-state index is 12.6. The average Bonchev–Trinajstić information content (AvgIpc) is 2.47. The van der Waals surface area contributed by atoms with Crippen molar-refractivity contribution in [3.05, 3.63) is 0 Å². The van der Waals surface area contributed by atoms with Crippen LogP contribution in [-0.2, 0) is 19.7 Å². The molecule has 8 heteroatoms. The molecule has 0 aromatic heterocycles. The van der Waals surface area contributed by atoms with Crippen LogP contribution in [0, 0.1) is 5.92 Å². The number of hydrogen-bond acceptors (Lipinski definition) is 4. The van der Waals surface area contributed by atoms with Crippen LogP contribution in [0.1, 0.15) is 19.3 Å². The summed E-state index contributed by atoms with van der Waals surface area (Å²) in [5, 5.41) is 2.98. The number of carbonyl (C=O) groups excluding carboxylic acids is 1. The molecule has 3 saturated heterocycles. The van der Waals surface area contributed by atoms with Gasteiger partial charge in [-0.1, -0.05) is 0 Å². The lowest BCUT2D eigenvalue weighted by atomic mass is 9.86. The first kappa shape index (κ1) is 14.2. The van der Waals surface area contributed by atoms with Crippen LogP contribution in [-0.4, -0.2) is 68.4 Å². The van der Waals surface area contributed by atoms with Gasteiger partial charge < -0.3 is 10.1 Å². The number of rotatable bonds is 2. The summed E-state index contributed by atoms with van der Waals surface area (Å²) >= 11 is 0. The normalized spacial score (nSPS) is 33.5. The molecule has 3 aliphatic rings. The van der Waals surface area contributed by atoms with Gasteiger partial charge in [-0.15, -0.1) is 0 Å². The molecule has 1 amide bonds. The molecule has 20 heavy (non-hydrogen) atoms. The predicted octanol–water partition coefficient (Wildman–Crippen LogP) is -0.836. The number of carbonyl (C=O) groups is 1. The van der Waals surface area contributed by atoms with Crippen LogP contribution in [0.3, 0.4) is 0 Å². The fraction of sp³-hybridized carbons (Fsp3) is 0.917. The zero-order valence-corrected chi connectivity index (χ0v) is 12.3. The van der Waals surface area contributed by atoms with Gasteiger partial charge in [-0.05, 0) is 18.8 Å². The summed E-state index contributed by atoms with van der Waals surface area (Å²) in [5.41, 5.74) is 0. The molecule has 7 nitrogen and oxygen atoms in total. The van der Waals surface area contributed by atoms with Gasteiger partial charge in [0, 0.05) is 38.6 Å². The molecule has 2 atom stereocenters. The Morgan fingerprint density at radius 3 is 2.60 bits per heavy atom. The van der Waals surface area contributed by atoms with Gasteiger partial charge in [0.15, 0.2) is 0 Å². The Labute approximate surface area is 119 Å². The second kappa shape index (κ2) is 5.59. The standard InChI is InChI=1S/C12H21N3O4S/c16-12-2-1-10-9-15(4-3-11(10)13-12)20(17,18)14-5-7-19-8-6-14/h10-11H,1-9H2,(H,13,16). The van der Waals surface area contributed by atoms with E-state index < -0.39 is 10.2 Å². The highest BCUT2D eigenvalue weighted by Gasteiger charge is 2.40. The largest absolute Gasteiger partial charge is 0.379 e. The van der Waals surface area contributed by atoms with E-state index in [9.17, 15) is 13.2 Å². The molecule has 114 valence electrons. The Morgan fingerprint density at radius 1 is 1.10 bits per heavy atom. The van der Waals surface area contributed by atoms with Crippen molar-refractivity contribution in [1.29, 1.82) is 0 Å². The van der Waals surface area contributed by atoms with E-state index in [-0.39, 0.29) is 17.9 Å². The summed E-state index contributed by atoms with van der Waals surface area (Å²) in [6, 6.07) is 0.146. The molecule has 0 aliphatic carbocycles. The van der Waals surface area contributed by atoms with Crippen LogP contribution in [0.15, 0.2) is 0 Å². The zero-order valence-electron chi connectivity index (χ0n) is 11.5. The molecule has 3 heterocycles. The van der Waals surface area contributed by atoms with Crippen LogP contribution in [0.2, 0.25) is 0 Å². The Balaban J connectivity index is 1.67. The first-order valence-electron chi connectivity index (χ1n) is 7.20. The minimum Gasteiger partial charge on any atom is -0.379 e. The van der Waals surface area contributed by atoms with Crippen molar-refractivity contribution in [3.63, 3.8) is 0 Å². The van der Waals surface area contributed by atoms with Crippen LogP contribution in [0.5, 0.6) is 0 Å². The van der Waals surface area contributed by atoms with Crippen molar-refractivity contribution in [2.24, 2.45) is 5.92 Å². The van der Waals surface area contributed by atoms with Crippen molar-refractivity contribution in [3.8, 4) is 0 Å². The third-order valence-electron chi connectivity index (χ3n) is 4.41. The average molecular weight is 303 g/mol. The number of morpholine rings is 1. The van der Waals surface area contributed by atoms with E-state index in [2.05, 4.69) is 5.32 Å². The molecule has 0 radical (unpaired) electrons. The fourth-order valence-electron chi connectivity index (χ4n) is 3.23. The van der Waals surface area contributed by atoms with Gasteiger partial charge in [-0.2, -0.15) is 17.0 Å². The molecule has 3 aliphatic heterocycles. The highest BCUT2D eigenvalue weighted by molar-refractivity contribution is 7.86. The van der Waals surface area contributed by atoms with Crippen LogP contribution in [0.4, 0.5) is 0 Å². The van der Waals surface area contributed by atoms with E-state index in [1.807, 2.05) is 0 Å². The number of fused-ring (bicyclic) bond motifs is 1. The van der Waals surface area contributed by atoms with Gasteiger partial charge in [-0.25, -0.2) is 0 Å². The molecule has 1 N–H and O–H groups in total. The lowest BCUT2D eigenvalue weighted by Crippen LogP contribution is -2.58. The molecule has 3 fully saturated rings. The maximum atomic E-state index is 12.6. The van der Waals surface area contributed by atoms with Gasteiger partial charge in [0.25, 0.3) is 10.2 Å². The maximum Gasteiger partial charge on any atom is 0.282 e. The summed E-state index contributed by atoms with van der Waals surface area (Å²) in [7, 11) is -3.38. The van der Waals surface area contributed by atoms with Gasteiger partial charge in [-0.3, -0.25) is 4.79 Å². The third-order valence-corrected chi connectivity index (χ3v) is 6.41. The summed E-state index contributed by atoms with van der Waals surface area (Å²) in [6.07, 6.45) is 2.00. The molecule has 2 unspecified atom stereocenters. The van der Waals surface area contributed by atoms with Crippen LogP contribution < -0.4 is 5.32 Å². The topological polar surface area (TPSA) is 79.0 Å². The number of piperidine rings is 2. The van der Waals surface area contributed by atoms with E-state index in [4.69, 9.17) is 4.74 Å². The minimum absolute atomic E-state index is 0.0933. The Morgan fingerprint density at radius 2 is 1.85 bits per heavy atom. The zero-order chi connectivity index (χ0) is 14.2. The van der Waals surface area contributed by atoms with Crippen molar-refractivity contribution in [2.45, 2.75) is 25.3 Å². The second-order valence-electron chi connectivity index (χ2n) is 5.64. The summed E-state index contributed by atoms with van der Waals surface area (Å²) in [5.74, 6) is 0.341. The molecule has 0 aromatic rings. The number of nitrogens with zero attached hydrogens (tertiary/aromatic N) is 2. The Bertz CT molecular complexity index is 475. The van der Waals surface area contributed by atoms with Gasteiger partial charge in [0.05, 0.1) is 13.2 Å². The quantitative estimate of drug-likeness (QED) is 0.722. The fourth-order valence-corrected chi connectivity index (χ4v) is 4.88.